The molecule has 0 amide bonds. The minimum absolute atomic E-state index is 0.118. The molecule has 1 fully saturated rings. The number of aromatic nitrogens is 5. The van der Waals surface area contributed by atoms with Crippen molar-refractivity contribution in [3.05, 3.63) is 35.7 Å². The molecule has 0 saturated carbocycles. The highest BCUT2D eigenvalue weighted by molar-refractivity contribution is 5.53. The van der Waals surface area contributed by atoms with Crippen molar-refractivity contribution in [3.8, 4) is 11.4 Å². The highest BCUT2D eigenvalue weighted by Gasteiger charge is 2.27. The Morgan fingerprint density at radius 3 is 2.59 bits per heavy atom. The molecule has 9 nitrogen and oxygen atoms in total. The Hall–Kier alpha value is -2.81. The number of hydrogen-bond donors (Lipinski definition) is 0. The molecule has 0 unspecified atom stereocenters. The van der Waals surface area contributed by atoms with Crippen LogP contribution in [0, 0.1) is 6.92 Å². The number of hydrogen-bond acceptors (Lipinski definition) is 9. The Morgan fingerprint density at radius 1 is 1.10 bits per heavy atom. The van der Waals surface area contributed by atoms with E-state index in [4.69, 9.17) is 13.8 Å². The molecule has 154 valence electrons. The summed E-state index contributed by atoms with van der Waals surface area (Å²) >= 11 is 0. The molecule has 1 aliphatic heterocycles. The number of piperidine rings is 1. The van der Waals surface area contributed by atoms with Crippen molar-refractivity contribution in [2.24, 2.45) is 0 Å². The summed E-state index contributed by atoms with van der Waals surface area (Å²) in [5, 5.41) is 8.12. The van der Waals surface area contributed by atoms with Crippen molar-refractivity contribution in [1.29, 1.82) is 0 Å². The molecule has 29 heavy (non-hydrogen) atoms. The van der Waals surface area contributed by atoms with Crippen LogP contribution in [0.2, 0.25) is 0 Å². The Kier molecular flexibility index (Phi) is 5.57. The van der Waals surface area contributed by atoms with E-state index in [0.717, 1.165) is 43.0 Å². The molecular weight excluding hydrogens is 372 g/mol. The average molecular weight is 398 g/mol. The maximum Gasteiger partial charge on any atom is 0.324 e. The third-order valence-electron chi connectivity index (χ3n) is 5.00. The van der Waals surface area contributed by atoms with E-state index in [9.17, 15) is 0 Å². The standard InChI is InChI=1S/C20H26N6O3/c1-12(2)17-23-20(29-24-17)26-9-6-16(7-10-26)27-14(4)19-22-18(25-28-19)15-5-8-21-13(3)11-15/h5,8,11-12,14,16H,6-7,9-10H2,1-4H3/t14-/m1/s1. The van der Waals surface area contributed by atoms with Gasteiger partial charge in [0.25, 0.3) is 5.89 Å². The number of aryl methyl sites for hydroxylation is 1. The van der Waals surface area contributed by atoms with Gasteiger partial charge in [-0.2, -0.15) is 9.97 Å². The van der Waals surface area contributed by atoms with Gasteiger partial charge < -0.3 is 18.7 Å². The fourth-order valence-corrected chi connectivity index (χ4v) is 3.32. The van der Waals surface area contributed by atoms with Gasteiger partial charge in [0.15, 0.2) is 5.82 Å². The minimum Gasteiger partial charge on any atom is -0.365 e. The van der Waals surface area contributed by atoms with E-state index in [2.05, 4.69) is 44.0 Å². The SMILES string of the molecule is Cc1cc(-c2noc([C@@H](C)OC3CCN(c4nc(C(C)C)no4)CC3)n2)ccn1. The van der Waals surface area contributed by atoms with Crippen molar-refractivity contribution in [2.75, 3.05) is 18.0 Å². The van der Waals surface area contributed by atoms with Gasteiger partial charge in [-0.05, 0) is 38.8 Å². The molecule has 9 heteroatoms. The highest BCUT2D eigenvalue weighted by atomic mass is 16.5. The number of pyridine rings is 1. The lowest BCUT2D eigenvalue weighted by Gasteiger charge is -2.31. The summed E-state index contributed by atoms with van der Waals surface area (Å²) in [6.45, 7) is 9.59. The first kappa shape index (κ1) is 19.5. The lowest BCUT2D eigenvalue weighted by molar-refractivity contribution is -0.0303. The summed E-state index contributed by atoms with van der Waals surface area (Å²) in [4.78, 5) is 15.3. The Bertz CT molecular complexity index is 945. The smallest absolute Gasteiger partial charge is 0.324 e. The van der Waals surface area contributed by atoms with Crippen molar-refractivity contribution >= 4 is 6.01 Å². The second-order valence-corrected chi connectivity index (χ2v) is 7.70. The highest BCUT2D eigenvalue weighted by Crippen LogP contribution is 2.26. The number of nitrogens with zero attached hydrogens (tertiary/aromatic N) is 6. The van der Waals surface area contributed by atoms with Crippen LogP contribution in [0.3, 0.4) is 0 Å². The number of anilines is 1. The second-order valence-electron chi connectivity index (χ2n) is 7.70. The molecule has 0 aliphatic carbocycles. The van der Waals surface area contributed by atoms with E-state index in [0.29, 0.717) is 17.7 Å². The third kappa shape index (κ3) is 4.45. The van der Waals surface area contributed by atoms with Crippen LogP contribution in [-0.4, -0.2) is 44.5 Å². The zero-order valence-corrected chi connectivity index (χ0v) is 17.2. The quantitative estimate of drug-likeness (QED) is 0.615. The molecule has 1 atom stereocenters. The number of ether oxygens (including phenoxy) is 1. The maximum atomic E-state index is 6.18. The van der Waals surface area contributed by atoms with Crippen molar-refractivity contribution in [2.45, 2.75) is 58.7 Å². The first-order valence-corrected chi connectivity index (χ1v) is 10.00. The summed E-state index contributed by atoms with van der Waals surface area (Å²) in [5.74, 6) is 2.02. The van der Waals surface area contributed by atoms with E-state index in [1.165, 1.54) is 0 Å². The zero-order valence-electron chi connectivity index (χ0n) is 17.2. The van der Waals surface area contributed by atoms with Crippen LogP contribution in [-0.2, 0) is 4.74 Å². The van der Waals surface area contributed by atoms with E-state index < -0.39 is 0 Å². The first-order chi connectivity index (χ1) is 14.0. The number of rotatable bonds is 6. The zero-order chi connectivity index (χ0) is 20.4. The Morgan fingerprint density at radius 2 is 1.90 bits per heavy atom. The Labute approximate surface area is 169 Å². The molecule has 3 aromatic rings. The molecule has 0 spiro atoms. The van der Waals surface area contributed by atoms with Gasteiger partial charge in [-0.3, -0.25) is 4.98 Å². The molecule has 1 saturated heterocycles. The van der Waals surface area contributed by atoms with Crippen LogP contribution >= 0.6 is 0 Å². The normalized spacial score (nSPS) is 16.5. The predicted molar refractivity (Wildman–Crippen MR) is 105 cm³/mol. The van der Waals surface area contributed by atoms with Gasteiger partial charge >= 0.3 is 6.01 Å². The van der Waals surface area contributed by atoms with Crippen molar-refractivity contribution in [3.63, 3.8) is 0 Å². The van der Waals surface area contributed by atoms with Crippen LogP contribution in [0.5, 0.6) is 0 Å². The van der Waals surface area contributed by atoms with Gasteiger partial charge in [-0.25, -0.2) is 0 Å². The summed E-state index contributed by atoms with van der Waals surface area (Å²) in [7, 11) is 0. The van der Waals surface area contributed by atoms with Crippen LogP contribution in [0.15, 0.2) is 27.4 Å². The van der Waals surface area contributed by atoms with Crippen LogP contribution in [0.25, 0.3) is 11.4 Å². The van der Waals surface area contributed by atoms with Crippen molar-refractivity contribution in [1.82, 2.24) is 25.3 Å². The van der Waals surface area contributed by atoms with Crippen LogP contribution in [0.1, 0.15) is 63.0 Å². The first-order valence-electron chi connectivity index (χ1n) is 10.00. The molecule has 3 aromatic heterocycles. The van der Waals surface area contributed by atoms with Crippen molar-refractivity contribution < 1.29 is 13.8 Å². The third-order valence-corrected chi connectivity index (χ3v) is 5.00. The van der Waals surface area contributed by atoms with Gasteiger partial charge in [0.05, 0.1) is 6.10 Å². The van der Waals surface area contributed by atoms with Crippen LogP contribution < -0.4 is 4.90 Å². The van der Waals surface area contributed by atoms with E-state index in [-0.39, 0.29) is 18.1 Å². The summed E-state index contributed by atoms with van der Waals surface area (Å²) in [5.41, 5.74) is 1.79. The molecule has 1 aliphatic rings. The van der Waals surface area contributed by atoms with Gasteiger partial charge in [0.1, 0.15) is 6.10 Å². The van der Waals surface area contributed by atoms with E-state index in [1.807, 2.05) is 26.0 Å². The average Bonchev–Trinajstić information content (AvgIpc) is 3.39. The van der Waals surface area contributed by atoms with E-state index in [1.54, 1.807) is 6.20 Å². The molecule has 0 bridgehead atoms. The summed E-state index contributed by atoms with van der Waals surface area (Å²) < 4.78 is 17.0. The maximum absolute atomic E-state index is 6.18. The lowest BCUT2D eigenvalue weighted by Crippen LogP contribution is -2.37. The predicted octanol–water partition coefficient (Wildman–Crippen LogP) is 3.69. The Balaban J connectivity index is 1.32. The fourth-order valence-electron chi connectivity index (χ4n) is 3.32. The molecular formula is C20H26N6O3. The monoisotopic (exact) mass is 398 g/mol. The van der Waals surface area contributed by atoms with Crippen LogP contribution in [0.4, 0.5) is 6.01 Å². The van der Waals surface area contributed by atoms with Gasteiger partial charge in [0.2, 0.25) is 5.82 Å². The molecule has 4 heterocycles. The summed E-state index contributed by atoms with van der Waals surface area (Å²) in [6.07, 6.45) is 3.32. The minimum atomic E-state index is -0.272. The fraction of sp³-hybridized carbons (Fsp3) is 0.550. The molecule has 0 aromatic carbocycles. The van der Waals surface area contributed by atoms with Gasteiger partial charge in [-0.1, -0.05) is 24.2 Å². The molecule has 0 radical (unpaired) electrons. The second kappa shape index (κ2) is 8.28. The lowest BCUT2D eigenvalue weighted by atomic mass is 10.1. The molecule has 4 rings (SSSR count). The molecule has 0 N–H and O–H groups in total. The largest absolute Gasteiger partial charge is 0.365 e. The van der Waals surface area contributed by atoms with Gasteiger partial charge in [-0.15, -0.1) is 0 Å². The van der Waals surface area contributed by atoms with E-state index >= 15 is 0 Å². The van der Waals surface area contributed by atoms with Gasteiger partial charge in [0, 0.05) is 36.5 Å². The topological polar surface area (TPSA) is 103 Å². The summed E-state index contributed by atoms with van der Waals surface area (Å²) in [6, 6.07) is 4.39.